The molecule has 2 rings (SSSR count). The third-order valence-electron chi connectivity index (χ3n) is 2.30. The largest absolute Gasteiger partial charge is 0.339 e. The second-order valence-electron chi connectivity index (χ2n) is 3.82. The molecule has 0 saturated heterocycles. The van der Waals surface area contributed by atoms with Crippen LogP contribution in [-0.2, 0) is 6.54 Å². The molecule has 0 bridgehead atoms. The zero-order valence-electron chi connectivity index (χ0n) is 10.2. The van der Waals surface area contributed by atoms with Crippen molar-refractivity contribution in [1.82, 2.24) is 15.5 Å². The summed E-state index contributed by atoms with van der Waals surface area (Å²) in [5.74, 6) is 0.0176. The van der Waals surface area contributed by atoms with Crippen molar-refractivity contribution in [2.75, 3.05) is 12.4 Å². The van der Waals surface area contributed by atoms with E-state index in [1.807, 2.05) is 31.3 Å². The number of carbonyl (C=O) groups excluding carboxylic acids is 1. The zero-order valence-corrected chi connectivity index (χ0v) is 10.2. The first-order valence-corrected chi connectivity index (χ1v) is 5.54. The van der Waals surface area contributed by atoms with Crippen LogP contribution >= 0.6 is 0 Å². The summed E-state index contributed by atoms with van der Waals surface area (Å²) in [6.45, 7) is 2.38. The number of rotatable bonds is 4. The van der Waals surface area contributed by atoms with E-state index in [0.29, 0.717) is 11.6 Å². The van der Waals surface area contributed by atoms with E-state index in [9.17, 15) is 4.79 Å². The van der Waals surface area contributed by atoms with Crippen molar-refractivity contribution in [3.63, 3.8) is 0 Å². The molecule has 6 heteroatoms. The van der Waals surface area contributed by atoms with E-state index < -0.39 is 0 Å². The molecule has 1 heterocycles. The lowest BCUT2D eigenvalue weighted by Crippen LogP contribution is -2.14. The molecule has 18 heavy (non-hydrogen) atoms. The molecule has 1 amide bonds. The Balaban J connectivity index is 2.09. The average molecular weight is 246 g/mol. The summed E-state index contributed by atoms with van der Waals surface area (Å²) in [7, 11) is 1.87. The monoisotopic (exact) mass is 246 g/mol. The third kappa shape index (κ3) is 2.92. The van der Waals surface area contributed by atoms with Crippen LogP contribution in [0.1, 0.15) is 22.1 Å². The first kappa shape index (κ1) is 12.3. The van der Waals surface area contributed by atoms with Crippen molar-refractivity contribution in [3.05, 3.63) is 41.5 Å². The number of amides is 1. The van der Waals surface area contributed by atoms with E-state index in [0.717, 1.165) is 12.1 Å². The van der Waals surface area contributed by atoms with Crippen molar-refractivity contribution in [2.24, 2.45) is 0 Å². The van der Waals surface area contributed by atoms with E-state index in [1.54, 1.807) is 6.92 Å². The quantitative estimate of drug-likeness (QED) is 0.851. The fraction of sp³-hybridized carbons (Fsp3) is 0.250. The minimum absolute atomic E-state index is 0.0338. The molecule has 0 saturated carbocycles. The van der Waals surface area contributed by atoms with Crippen LogP contribution in [-0.4, -0.2) is 23.1 Å². The van der Waals surface area contributed by atoms with Crippen LogP contribution < -0.4 is 10.6 Å². The first-order chi connectivity index (χ1) is 8.69. The van der Waals surface area contributed by atoms with Crippen molar-refractivity contribution < 1.29 is 9.32 Å². The highest BCUT2D eigenvalue weighted by Gasteiger charge is 2.12. The predicted octanol–water partition coefficient (Wildman–Crippen LogP) is 1.35. The fourth-order valence-corrected chi connectivity index (χ4v) is 1.54. The lowest BCUT2D eigenvalue weighted by Gasteiger charge is -2.05. The normalized spacial score (nSPS) is 10.3. The van der Waals surface area contributed by atoms with E-state index in [2.05, 4.69) is 20.8 Å². The SMILES string of the molecule is CNCc1cccc(NC(=O)c2noc(C)n2)c1. The third-order valence-corrected chi connectivity index (χ3v) is 2.30. The highest BCUT2D eigenvalue weighted by molar-refractivity contribution is 6.01. The maximum Gasteiger partial charge on any atom is 0.297 e. The second-order valence-corrected chi connectivity index (χ2v) is 3.82. The van der Waals surface area contributed by atoms with Crippen molar-refractivity contribution >= 4 is 11.6 Å². The van der Waals surface area contributed by atoms with Gasteiger partial charge in [0.2, 0.25) is 5.89 Å². The van der Waals surface area contributed by atoms with Crippen LogP contribution in [0.3, 0.4) is 0 Å². The first-order valence-electron chi connectivity index (χ1n) is 5.54. The van der Waals surface area contributed by atoms with Crippen LogP contribution in [0.4, 0.5) is 5.69 Å². The van der Waals surface area contributed by atoms with Gasteiger partial charge in [-0.1, -0.05) is 17.3 Å². The molecule has 0 atom stereocenters. The van der Waals surface area contributed by atoms with E-state index in [4.69, 9.17) is 4.52 Å². The summed E-state index contributed by atoms with van der Waals surface area (Å²) in [6, 6.07) is 7.56. The highest BCUT2D eigenvalue weighted by Crippen LogP contribution is 2.11. The summed E-state index contributed by atoms with van der Waals surface area (Å²) in [6.07, 6.45) is 0. The Kier molecular flexibility index (Phi) is 3.69. The molecular formula is C12H14N4O2. The number of aromatic nitrogens is 2. The summed E-state index contributed by atoms with van der Waals surface area (Å²) in [5.41, 5.74) is 1.79. The van der Waals surface area contributed by atoms with Crippen molar-refractivity contribution in [3.8, 4) is 0 Å². The van der Waals surface area contributed by atoms with Gasteiger partial charge in [-0.25, -0.2) is 0 Å². The Hall–Kier alpha value is -2.21. The number of nitrogens with one attached hydrogen (secondary N) is 2. The lowest BCUT2D eigenvalue weighted by molar-refractivity contribution is 0.101. The lowest BCUT2D eigenvalue weighted by atomic mass is 10.2. The molecule has 0 fully saturated rings. The van der Waals surface area contributed by atoms with Gasteiger partial charge in [-0.2, -0.15) is 4.98 Å². The summed E-state index contributed by atoms with van der Waals surface area (Å²) in [5, 5.41) is 9.33. The summed E-state index contributed by atoms with van der Waals surface area (Å²) in [4.78, 5) is 15.6. The van der Waals surface area contributed by atoms with Gasteiger partial charge in [0.25, 0.3) is 11.7 Å². The van der Waals surface area contributed by atoms with Gasteiger partial charge in [0.1, 0.15) is 0 Å². The molecule has 2 aromatic rings. The van der Waals surface area contributed by atoms with Crippen LogP contribution in [0, 0.1) is 6.92 Å². The number of aryl methyl sites for hydroxylation is 1. The van der Waals surface area contributed by atoms with Gasteiger partial charge in [-0.15, -0.1) is 0 Å². The molecule has 1 aromatic heterocycles. The smallest absolute Gasteiger partial charge is 0.297 e. The maximum absolute atomic E-state index is 11.8. The summed E-state index contributed by atoms with van der Waals surface area (Å²) < 4.78 is 4.75. The molecule has 0 aliphatic rings. The van der Waals surface area contributed by atoms with Crippen LogP contribution in [0.2, 0.25) is 0 Å². The fourth-order valence-electron chi connectivity index (χ4n) is 1.54. The summed E-state index contributed by atoms with van der Waals surface area (Å²) >= 11 is 0. The standard InChI is InChI=1S/C12H14N4O2/c1-8-14-11(16-18-8)12(17)15-10-5-3-4-9(6-10)7-13-2/h3-6,13H,7H2,1-2H3,(H,15,17). The molecule has 0 aliphatic carbocycles. The Morgan fingerprint density at radius 3 is 2.94 bits per heavy atom. The topological polar surface area (TPSA) is 80.0 Å². The molecule has 2 N–H and O–H groups in total. The van der Waals surface area contributed by atoms with E-state index >= 15 is 0 Å². The maximum atomic E-state index is 11.8. The zero-order chi connectivity index (χ0) is 13.0. The number of nitrogens with zero attached hydrogens (tertiary/aromatic N) is 2. The Bertz CT molecular complexity index is 551. The highest BCUT2D eigenvalue weighted by atomic mass is 16.5. The van der Waals surface area contributed by atoms with Gasteiger partial charge in [-0.3, -0.25) is 4.79 Å². The van der Waals surface area contributed by atoms with Gasteiger partial charge in [0, 0.05) is 19.2 Å². The van der Waals surface area contributed by atoms with Crippen LogP contribution in [0.15, 0.2) is 28.8 Å². The average Bonchev–Trinajstić information content (AvgIpc) is 2.77. The molecule has 94 valence electrons. The van der Waals surface area contributed by atoms with E-state index in [1.165, 1.54) is 0 Å². The van der Waals surface area contributed by atoms with Gasteiger partial charge in [0.15, 0.2) is 0 Å². The Labute approximate surface area is 104 Å². The number of benzene rings is 1. The minimum Gasteiger partial charge on any atom is -0.339 e. The Morgan fingerprint density at radius 2 is 2.28 bits per heavy atom. The number of hydrogen-bond donors (Lipinski definition) is 2. The predicted molar refractivity (Wildman–Crippen MR) is 66.2 cm³/mol. The molecule has 0 radical (unpaired) electrons. The molecule has 6 nitrogen and oxygen atoms in total. The molecular weight excluding hydrogens is 232 g/mol. The van der Waals surface area contributed by atoms with Crippen molar-refractivity contribution in [2.45, 2.75) is 13.5 Å². The van der Waals surface area contributed by atoms with Gasteiger partial charge >= 0.3 is 0 Å². The van der Waals surface area contributed by atoms with Gasteiger partial charge in [0.05, 0.1) is 0 Å². The van der Waals surface area contributed by atoms with E-state index in [-0.39, 0.29) is 11.7 Å². The number of hydrogen-bond acceptors (Lipinski definition) is 5. The Morgan fingerprint density at radius 1 is 1.44 bits per heavy atom. The van der Waals surface area contributed by atoms with Crippen LogP contribution in [0.25, 0.3) is 0 Å². The van der Waals surface area contributed by atoms with Gasteiger partial charge < -0.3 is 15.2 Å². The molecule has 1 aromatic carbocycles. The number of carbonyl (C=O) groups is 1. The van der Waals surface area contributed by atoms with Crippen molar-refractivity contribution in [1.29, 1.82) is 0 Å². The molecule has 0 spiro atoms. The minimum atomic E-state index is -0.381. The molecule has 0 aliphatic heterocycles. The van der Waals surface area contributed by atoms with Gasteiger partial charge in [-0.05, 0) is 24.7 Å². The molecule has 0 unspecified atom stereocenters. The van der Waals surface area contributed by atoms with Crippen LogP contribution in [0.5, 0.6) is 0 Å². The number of anilines is 1. The second kappa shape index (κ2) is 5.42.